The first kappa shape index (κ1) is 11.4. The maximum atomic E-state index is 13.3. The summed E-state index contributed by atoms with van der Waals surface area (Å²) >= 11 is 0. The maximum Gasteiger partial charge on any atom is 0.227 e. The number of nitrogens with zero attached hydrogens (tertiary/aromatic N) is 1. The lowest BCUT2D eigenvalue weighted by atomic mass is 10.0. The van der Waals surface area contributed by atoms with Crippen molar-refractivity contribution in [3.05, 3.63) is 47.5 Å². The molecule has 1 saturated heterocycles. The monoisotopic (exact) mass is 249 g/mol. The number of fused-ring (bicyclic) bond motifs is 1. The highest BCUT2D eigenvalue weighted by molar-refractivity contribution is 5.80. The van der Waals surface area contributed by atoms with Gasteiger partial charge in [0.2, 0.25) is 5.91 Å². The van der Waals surface area contributed by atoms with Crippen LogP contribution in [0, 0.1) is 11.6 Å². The summed E-state index contributed by atoms with van der Waals surface area (Å²) < 4.78 is 26.2. The quantitative estimate of drug-likeness (QED) is 0.701. The summed E-state index contributed by atoms with van der Waals surface area (Å²) in [4.78, 5) is 13.7. The van der Waals surface area contributed by atoms with Crippen molar-refractivity contribution in [2.24, 2.45) is 0 Å². The van der Waals surface area contributed by atoms with E-state index in [0.717, 1.165) is 18.9 Å². The molecule has 4 heteroatoms. The van der Waals surface area contributed by atoms with E-state index in [2.05, 4.69) is 0 Å². The van der Waals surface area contributed by atoms with Crippen LogP contribution in [-0.2, 0) is 4.79 Å². The molecule has 94 valence electrons. The van der Waals surface area contributed by atoms with Gasteiger partial charge in [0.15, 0.2) is 11.6 Å². The first-order chi connectivity index (χ1) is 8.66. The first-order valence-corrected chi connectivity index (χ1v) is 6.09. The van der Waals surface area contributed by atoms with Gasteiger partial charge in [-0.2, -0.15) is 0 Å². The lowest BCUT2D eigenvalue weighted by Crippen LogP contribution is -2.38. The summed E-state index contributed by atoms with van der Waals surface area (Å²) in [6, 6.07) is 3.89. The van der Waals surface area contributed by atoms with Crippen molar-refractivity contribution in [3.8, 4) is 0 Å². The molecule has 0 bridgehead atoms. The zero-order valence-corrected chi connectivity index (χ0v) is 9.77. The molecule has 0 aromatic heterocycles. The first-order valence-electron chi connectivity index (χ1n) is 6.09. The zero-order valence-electron chi connectivity index (χ0n) is 9.77. The Hall–Kier alpha value is -1.71. The van der Waals surface area contributed by atoms with E-state index in [4.69, 9.17) is 0 Å². The summed E-state index contributed by atoms with van der Waals surface area (Å²) in [5, 5.41) is 0. The molecule has 0 radical (unpaired) electrons. The van der Waals surface area contributed by atoms with Crippen molar-refractivity contribution < 1.29 is 13.6 Å². The molecule has 2 aliphatic heterocycles. The van der Waals surface area contributed by atoms with Crippen LogP contribution < -0.4 is 0 Å². The smallest absolute Gasteiger partial charge is 0.227 e. The normalized spacial score (nSPS) is 26.6. The van der Waals surface area contributed by atoms with Gasteiger partial charge in [0.25, 0.3) is 0 Å². The van der Waals surface area contributed by atoms with Gasteiger partial charge in [-0.25, -0.2) is 8.78 Å². The predicted molar refractivity (Wildman–Crippen MR) is 62.7 cm³/mol. The number of benzene rings is 1. The Morgan fingerprint density at radius 1 is 1.17 bits per heavy atom. The summed E-state index contributed by atoms with van der Waals surface area (Å²) in [6.07, 6.45) is 5.99. The molecule has 1 aromatic carbocycles. The molecule has 18 heavy (non-hydrogen) atoms. The molecule has 1 fully saturated rings. The van der Waals surface area contributed by atoms with Crippen LogP contribution in [0.1, 0.15) is 30.9 Å². The standard InChI is InChI=1S/C14H13F2NO/c15-11-6-4-9(8-12(11)16)13-7-5-10-2-1-3-14(18)17(10)13/h1-2,4,6,8,10,13H,3,5,7H2/t10-,13-/m0/s1. The second-order valence-corrected chi connectivity index (χ2v) is 4.77. The van der Waals surface area contributed by atoms with Gasteiger partial charge >= 0.3 is 0 Å². The van der Waals surface area contributed by atoms with Gasteiger partial charge in [-0.1, -0.05) is 18.2 Å². The second-order valence-electron chi connectivity index (χ2n) is 4.77. The van der Waals surface area contributed by atoms with Gasteiger partial charge in [-0.05, 0) is 30.5 Å². The van der Waals surface area contributed by atoms with E-state index in [1.807, 2.05) is 12.2 Å². The van der Waals surface area contributed by atoms with Crippen LogP contribution in [0.25, 0.3) is 0 Å². The van der Waals surface area contributed by atoms with E-state index in [1.165, 1.54) is 6.07 Å². The van der Waals surface area contributed by atoms with Crippen molar-refractivity contribution in [1.82, 2.24) is 4.90 Å². The molecule has 0 aliphatic carbocycles. The molecule has 3 rings (SSSR count). The third kappa shape index (κ3) is 1.72. The van der Waals surface area contributed by atoms with Crippen molar-refractivity contribution in [2.45, 2.75) is 31.3 Å². The van der Waals surface area contributed by atoms with Crippen LogP contribution in [0.2, 0.25) is 0 Å². The number of rotatable bonds is 1. The number of amides is 1. The number of halogens is 2. The highest BCUT2D eigenvalue weighted by Crippen LogP contribution is 2.39. The Kier molecular flexibility index (Phi) is 2.65. The fraction of sp³-hybridized carbons (Fsp3) is 0.357. The molecular weight excluding hydrogens is 236 g/mol. The van der Waals surface area contributed by atoms with E-state index in [0.29, 0.717) is 12.0 Å². The van der Waals surface area contributed by atoms with E-state index in [1.54, 1.807) is 11.0 Å². The van der Waals surface area contributed by atoms with E-state index < -0.39 is 11.6 Å². The van der Waals surface area contributed by atoms with Gasteiger partial charge in [0.1, 0.15) is 0 Å². The van der Waals surface area contributed by atoms with Crippen molar-refractivity contribution in [1.29, 1.82) is 0 Å². The Bertz CT molecular complexity index is 527. The summed E-state index contributed by atoms with van der Waals surface area (Å²) in [5.41, 5.74) is 0.681. The largest absolute Gasteiger partial charge is 0.329 e. The molecule has 0 unspecified atom stereocenters. The van der Waals surface area contributed by atoms with Gasteiger partial charge in [0, 0.05) is 6.42 Å². The molecule has 2 nitrogen and oxygen atoms in total. The lowest BCUT2D eigenvalue weighted by molar-refractivity contribution is -0.133. The minimum absolute atomic E-state index is 0.0646. The minimum atomic E-state index is -0.851. The van der Waals surface area contributed by atoms with Gasteiger partial charge in [0.05, 0.1) is 12.1 Å². The van der Waals surface area contributed by atoms with Crippen LogP contribution in [0.15, 0.2) is 30.4 Å². The fourth-order valence-electron chi connectivity index (χ4n) is 2.86. The average molecular weight is 249 g/mol. The van der Waals surface area contributed by atoms with Crippen LogP contribution in [0.4, 0.5) is 8.78 Å². The van der Waals surface area contributed by atoms with Crippen LogP contribution in [0.3, 0.4) is 0 Å². The summed E-state index contributed by atoms with van der Waals surface area (Å²) in [7, 11) is 0. The zero-order chi connectivity index (χ0) is 12.7. The molecule has 2 aliphatic rings. The lowest BCUT2D eigenvalue weighted by Gasteiger charge is -2.31. The Morgan fingerprint density at radius 2 is 2.00 bits per heavy atom. The number of carbonyl (C=O) groups is 1. The predicted octanol–water partition coefficient (Wildman–Crippen LogP) is 2.96. The Labute approximate surface area is 104 Å². The summed E-state index contributed by atoms with van der Waals surface area (Å²) in [6.45, 7) is 0. The number of carbonyl (C=O) groups excluding carboxylic acids is 1. The summed E-state index contributed by atoms with van der Waals surface area (Å²) in [5.74, 6) is -1.64. The van der Waals surface area contributed by atoms with E-state index in [-0.39, 0.29) is 18.0 Å². The fourth-order valence-corrected chi connectivity index (χ4v) is 2.86. The highest BCUT2D eigenvalue weighted by Gasteiger charge is 2.37. The molecule has 2 atom stereocenters. The third-order valence-corrected chi connectivity index (χ3v) is 3.70. The maximum absolute atomic E-state index is 13.3. The molecule has 1 amide bonds. The Morgan fingerprint density at radius 3 is 2.78 bits per heavy atom. The molecule has 1 aromatic rings. The van der Waals surface area contributed by atoms with Crippen LogP contribution >= 0.6 is 0 Å². The molecule has 2 heterocycles. The SMILES string of the molecule is O=C1CC=C[C@H]2CC[C@@H](c3ccc(F)c(F)c3)N12. The molecular formula is C14H13F2NO. The van der Waals surface area contributed by atoms with Gasteiger partial charge in [-0.15, -0.1) is 0 Å². The van der Waals surface area contributed by atoms with E-state index in [9.17, 15) is 13.6 Å². The van der Waals surface area contributed by atoms with Gasteiger partial charge < -0.3 is 4.90 Å². The minimum Gasteiger partial charge on any atom is -0.329 e. The average Bonchev–Trinajstić information content (AvgIpc) is 2.78. The van der Waals surface area contributed by atoms with Crippen LogP contribution in [-0.4, -0.2) is 16.8 Å². The molecule has 0 spiro atoms. The van der Waals surface area contributed by atoms with Gasteiger partial charge in [-0.3, -0.25) is 4.79 Å². The van der Waals surface area contributed by atoms with Crippen molar-refractivity contribution in [2.75, 3.05) is 0 Å². The number of hydrogen-bond acceptors (Lipinski definition) is 1. The molecule has 0 saturated carbocycles. The second kappa shape index (κ2) is 4.19. The number of hydrogen-bond donors (Lipinski definition) is 0. The van der Waals surface area contributed by atoms with Crippen molar-refractivity contribution >= 4 is 5.91 Å². The Balaban J connectivity index is 1.95. The van der Waals surface area contributed by atoms with E-state index >= 15 is 0 Å². The van der Waals surface area contributed by atoms with Crippen LogP contribution in [0.5, 0.6) is 0 Å². The molecule has 0 N–H and O–H groups in total. The van der Waals surface area contributed by atoms with Crippen molar-refractivity contribution in [3.63, 3.8) is 0 Å². The third-order valence-electron chi connectivity index (χ3n) is 3.70. The topological polar surface area (TPSA) is 20.3 Å². The highest BCUT2D eigenvalue weighted by atomic mass is 19.2.